The molecule has 2 aliphatic heterocycles. The largest absolute Gasteiger partial charge is 0.495 e. The normalized spacial score (nSPS) is 20.6. The maximum Gasteiger partial charge on any atom is 0.495 e. The Kier molecular flexibility index (Phi) is 7.46. The minimum Gasteiger partial charge on any atom is -0.491 e. The van der Waals surface area contributed by atoms with Gasteiger partial charge in [0.2, 0.25) is 0 Å². The van der Waals surface area contributed by atoms with Gasteiger partial charge >= 0.3 is 7.12 Å². The topological polar surface area (TPSA) is 60.4 Å². The van der Waals surface area contributed by atoms with Gasteiger partial charge < -0.3 is 23.9 Å². The van der Waals surface area contributed by atoms with E-state index < -0.39 is 12.9 Å². The maximum atomic E-state index is 10.9. The summed E-state index contributed by atoms with van der Waals surface area (Å²) in [6.07, 6.45) is -0.421. The molecular weight excluding hydrogens is 453 g/mol. The van der Waals surface area contributed by atoms with Crippen molar-refractivity contribution < 1.29 is 23.9 Å². The first-order chi connectivity index (χ1) is 17.4. The lowest BCUT2D eigenvalue weighted by Gasteiger charge is -2.27. The molecule has 0 saturated carbocycles. The van der Waals surface area contributed by atoms with Gasteiger partial charge in [-0.25, -0.2) is 0 Å². The van der Waals surface area contributed by atoms with Crippen LogP contribution in [0, 0.1) is 6.92 Å². The number of rotatable bonds is 9. The average molecular weight is 487 g/mol. The number of hydrogen-bond acceptors (Lipinski definition) is 6. The number of fused-ring (bicyclic) bond motifs is 1. The molecule has 0 unspecified atom stereocenters. The second-order valence-electron chi connectivity index (χ2n) is 10.1. The molecule has 1 fully saturated rings. The summed E-state index contributed by atoms with van der Waals surface area (Å²) in [5.74, 6) is 0.0364. The monoisotopic (exact) mass is 487 g/mol. The Morgan fingerprint density at radius 1 is 0.972 bits per heavy atom. The summed E-state index contributed by atoms with van der Waals surface area (Å²) >= 11 is 0. The smallest absolute Gasteiger partial charge is 0.491 e. The van der Waals surface area contributed by atoms with Crippen LogP contribution >= 0.6 is 0 Å². The second-order valence-corrected chi connectivity index (χ2v) is 10.1. The number of aryl methyl sites for hydroxylation is 1. The summed E-state index contributed by atoms with van der Waals surface area (Å²) in [7, 11) is -1.03. The van der Waals surface area contributed by atoms with Gasteiger partial charge in [0.05, 0.1) is 12.7 Å². The van der Waals surface area contributed by atoms with E-state index in [4.69, 9.17) is 18.9 Å². The molecule has 5 rings (SSSR count). The Balaban J connectivity index is 1.35. The number of nitrogens with zero attached hydrogens (tertiary/aromatic N) is 1. The molecule has 3 aromatic carbocycles. The van der Waals surface area contributed by atoms with Crippen molar-refractivity contribution in [2.75, 3.05) is 19.8 Å². The van der Waals surface area contributed by atoms with Gasteiger partial charge in [-0.3, -0.25) is 4.90 Å². The van der Waals surface area contributed by atoms with Crippen LogP contribution in [0.2, 0.25) is 0 Å². The summed E-state index contributed by atoms with van der Waals surface area (Å²) in [6.45, 7) is 8.90. The molecule has 1 saturated heterocycles. The minimum atomic E-state index is -1.03. The van der Waals surface area contributed by atoms with Crippen LogP contribution < -0.4 is 10.2 Å². The van der Waals surface area contributed by atoms with E-state index in [0.29, 0.717) is 25.5 Å². The number of ether oxygens (including phenoxy) is 3. The minimum absolute atomic E-state index is 0.153. The van der Waals surface area contributed by atoms with E-state index in [9.17, 15) is 5.02 Å². The highest BCUT2D eigenvalue weighted by Gasteiger charge is 2.40. The van der Waals surface area contributed by atoms with Gasteiger partial charge in [-0.05, 0) is 49.1 Å². The molecule has 0 aliphatic carbocycles. The third-order valence-electron chi connectivity index (χ3n) is 6.74. The maximum absolute atomic E-state index is 10.9. The molecule has 1 N–H and O–H groups in total. The van der Waals surface area contributed by atoms with Crippen LogP contribution in [0.25, 0.3) is 0 Å². The SMILES string of the molecule is Cc1ccc(OC[C@H]2COC(C)(C)O2)c2c1[C@@H](CN(Cc1ccccc1)Cc1ccccc1)OB2O. The van der Waals surface area contributed by atoms with Gasteiger partial charge in [-0.15, -0.1) is 0 Å². The molecular formula is C29H34BNO5. The lowest BCUT2D eigenvalue weighted by atomic mass is 9.77. The Hall–Kier alpha value is -2.68. The molecule has 0 radical (unpaired) electrons. The van der Waals surface area contributed by atoms with Crippen molar-refractivity contribution in [1.82, 2.24) is 4.90 Å². The second kappa shape index (κ2) is 10.7. The fourth-order valence-electron chi connectivity index (χ4n) is 5.09. The highest BCUT2D eigenvalue weighted by molar-refractivity contribution is 6.63. The Labute approximate surface area is 213 Å². The molecule has 0 spiro atoms. The zero-order valence-electron chi connectivity index (χ0n) is 21.2. The van der Waals surface area contributed by atoms with Crippen LogP contribution in [0.4, 0.5) is 0 Å². The quantitative estimate of drug-likeness (QED) is 0.461. The first-order valence-corrected chi connectivity index (χ1v) is 12.6. The standard InChI is InChI=1S/C29H34BNO5/c1-21-14-15-25(33-19-24-20-34-29(2,3)35-24)28-27(21)26(36-30(28)32)18-31(16-22-10-6-4-7-11-22)17-23-12-8-5-9-13-23/h4-15,24,26,32H,16-20H2,1-3H3/t24-,26+/m0/s1. The molecule has 2 heterocycles. The summed E-state index contributed by atoms with van der Waals surface area (Å²) in [4.78, 5) is 2.37. The highest BCUT2D eigenvalue weighted by Crippen LogP contribution is 2.32. The fraction of sp³-hybridized carbons (Fsp3) is 0.379. The van der Waals surface area contributed by atoms with Gasteiger partial charge in [0.1, 0.15) is 18.5 Å². The van der Waals surface area contributed by atoms with Crippen LogP contribution in [-0.4, -0.2) is 48.7 Å². The summed E-state index contributed by atoms with van der Waals surface area (Å²) in [6, 6.07) is 24.8. The lowest BCUT2D eigenvalue weighted by molar-refractivity contribution is -0.141. The fourth-order valence-corrected chi connectivity index (χ4v) is 5.09. The molecule has 0 amide bonds. The summed E-state index contributed by atoms with van der Waals surface area (Å²) in [5.41, 5.74) is 5.29. The van der Waals surface area contributed by atoms with E-state index in [1.54, 1.807) is 0 Å². The van der Waals surface area contributed by atoms with Crippen molar-refractivity contribution in [3.63, 3.8) is 0 Å². The number of hydrogen-bond donors (Lipinski definition) is 1. The van der Waals surface area contributed by atoms with Gasteiger partial charge in [-0.1, -0.05) is 66.7 Å². The molecule has 0 bridgehead atoms. The molecule has 7 heteroatoms. The van der Waals surface area contributed by atoms with Crippen LogP contribution in [0.15, 0.2) is 72.8 Å². The highest BCUT2D eigenvalue weighted by atomic mass is 16.7. The molecule has 3 aromatic rings. The van der Waals surface area contributed by atoms with Gasteiger partial charge in [0, 0.05) is 25.1 Å². The zero-order chi connectivity index (χ0) is 25.1. The van der Waals surface area contributed by atoms with E-state index in [1.807, 2.05) is 38.1 Å². The van der Waals surface area contributed by atoms with Crippen LogP contribution in [-0.2, 0) is 27.2 Å². The van der Waals surface area contributed by atoms with E-state index >= 15 is 0 Å². The van der Waals surface area contributed by atoms with Crippen molar-refractivity contribution in [2.45, 2.75) is 51.9 Å². The van der Waals surface area contributed by atoms with E-state index in [0.717, 1.165) is 29.7 Å². The van der Waals surface area contributed by atoms with Crippen molar-refractivity contribution in [3.05, 3.63) is 95.1 Å². The van der Waals surface area contributed by atoms with Crippen LogP contribution in [0.3, 0.4) is 0 Å². The predicted octanol–water partition coefficient (Wildman–Crippen LogP) is 3.99. The molecule has 6 nitrogen and oxygen atoms in total. The molecule has 2 atom stereocenters. The molecule has 2 aliphatic rings. The lowest BCUT2D eigenvalue weighted by Crippen LogP contribution is -2.32. The van der Waals surface area contributed by atoms with Crippen molar-refractivity contribution in [3.8, 4) is 5.75 Å². The Morgan fingerprint density at radius 3 is 2.19 bits per heavy atom. The first-order valence-electron chi connectivity index (χ1n) is 12.6. The average Bonchev–Trinajstić information content (AvgIpc) is 3.39. The van der Waals surface area contributed by atoms with Gasteiger partial charge in [0.25, 0.3) is 0 Å². The van der Waals surface area contributed by atoms with E-state index in [2.05, 4.69) is 60.4 Å². The predicted molar refractivity (Wildman–Crippen MR) is 140 cm³/mol. The first kappa shape index (κ1) is 25.0. The van der Waals surface area contributed by atoms with Crippen molar-refractivity contribution >= 4 is 12.6 Å². The summed E-state index contributed by atoms with van der Waals surface area (Å²) < 4.78 is 23.8. The third kappa shape index (κ3) is 5.82. The third-order valence-corrected chi connectivity index (χ3v) is 6.74. The van der Waals surface area contributed by atoms with E-state index in [-0.39, 0.29) is 12.2 Å². The van der Waals surface area contributed by atoms with Crippen LogP contribution in [0.5, 0.6) is 5.75 Å². The van der Waals surface area contributed by atoms with Crippen LogP contribution in [0.1, 0.15) is 42.2 Å². The van der Waals surface area contributed by atoms with E-state index in [1.165, 1.54) is 11.1 Å². The Morgan fingerprint density at radius 2 is 1.61 bits per heavy atom. The van der Waals surface area contributed by atoms with Gasteiger partial charge in [0.15, 0.2) is 5.79 Å². The molecule has 0 aromatic heterocycles. The summed E-state index contributed by atoms with van der Waals surface area (Å²) in [5, 5.41) is 10.9. The molecule has 188 valence electrons. The molecule has 36 heavy (non-hydrogen) atoms. The zero-order valence-corrected chi connectivity index (χ0v) is 21.2. The number of benzene rings is 3. The van der Waals surface area contributed by atoms with Crippen molar-refractivity contribution in [2.24, 2.45) is 0 Å². The van der Waals surface area contributed by atoms with Gasteiger partial charge in [-0.2, -0.15) is 0 Å². The van der Waals surface area contributed by atoms with Crippen molar-refractivity contribution in [1.29, 1.82) is 0 Å². The Bertz CT molecular complexity index is 1120.